The van der Waals surface area contributed by atoms with Crippen molar-refractivity contribution in [3.63, 3.8) is 0 Å². The molecule has 0 atom stereocenters. The van der Waals surface area contributed by atoms with Gasteiger partial charge >= 0.3 is 0 Å². The van der Waals surface area contributed by atoms with Crippen LogP contribution in [0.2, 0.25) is 5.02 Å². The Morgan fingerprint density at radius 2 is 2.08 bits per heavy atom. The summed E-state index contributed by atoms with van der Waals surface area (Å²) in [6.45, 7) is 3.06. The van der Waals surface area contributed by atoms with Gasteiger partial charge < -0.3 is 5.32 Å². The van der Waals surface area contributed by atoms with E-state index in [1.165, 1.54) is 25.1 Å². The number of nitrogens with zero attached hydrogens (tertiary/aromatic N) is 3. The predicted molar refractivity (Wildman–Crippen MR) is 90.6 cm³/mol. The van der Waals surface area contributed by atoms with Crippen molar-refractivity contribution < 1.29 is 18.1 Å². The molecule has 0 spiro atoms. The number of carbonyl (C=O) groups excluding carboxylic acids is 1. The van der Waals surface area contributed by atoms with Crippen LogP contribution in [0.4, 0.5) is 11.4 Å². The molecule has 9 nitrogen and oxygen atoms in total. The van der Waals surface area contributed by atoms with Gasteiger partial charge in [0.1, 0.15) is 0 Å². The van der Waals surface area contributed by atoms with Crippen molar-refractivity contribution in [2.45, 2.75) is 19.0 Å². The lowest BCUT2D eigenvalue weighted by Gasteiger charge is -2.09. The standard InChI is InChI=1S/C14H13ClN4O5S/c1-3-25(23,24)14-16-7-10(15)12(18-14)13(20)17-11-6-9(19(21)22)5-4-8(11)2/h4-7H,3H2,1-2H3,(H,17,20). The van der Waals surface area contributed by atoms with Crippen molar-refractivity contribution in [1.82, 2.24) is 9.97 Å². The van der Waals surface area contributed by atoms with Crippen LogP contribution in [0.15, 0.2) is 29.6 Å². The summed E-state index contributed by atoms with van der Waals surface area (Å²) in [4.78, 5) is 30.0. The predicted octanol–water partition coefficient (Wildman–Crippen LogP) is 2.39. The van der Waals surface area contributed by atoms with Gasteiger partial charge in [0.2, 0.25) is 15.0 Å². The molecule has 1 aromatic heterocycles. The number of nitro benzene ring substituents is 1. The minimum absolute atomic E-state index is 0.143. The van der Waals surface area contributed by atoms with Crippen LogP contribution < -0.4 is 5.32 Å². The number of rotatable bonds is 5. The van der Waals surface area contributed by atoms with E-state index in [1.54, 1.807) is 6.92 Å². The van der Waals surface area contributed by atoms with E-state index in [0.717, 1.165) is 6.20 Å². The Balaban J connectivity index is 2.41. The van der Waals surface area contributed by atoms with Gasteiger partial charge in [-0.1, -0.05) is 24.6 Å². The molecular formula is C14H13ClN4O5S. The number of nitro groups is 1. The summed E-state index contributed by atoms with van der Waals surface area (Å²) >= 11 is 5.88. The Hall–Kier alpha value is -2.59. The molecule has 2 aromatic rings. The Morgan fingerprint density at radius 3 is 2.68 bits per heavy atom. The first kappa shape index (κ1) is 18.7. The van der Waals surface area contributed by atoms with E-state index in [-0.39, 0.29) is 27.8 Å². The van der Waals surface area contributed by atoms with E-state index in [1.807, 2.05) is 0 Å². The topological polar surface area (TPSA) is 132 Å². The molecule has 0 saturated heterocycles. The van der Waals surface area contributed by atoms with Gasteiger partial charge in [-0.2, -0.15) is 0 Å². The number of amides is 1. The fourth-order valence-electron chi connectivity index (χ4n) is 1.83. The molecule has 0 aliphatic heterocycles. The number of halogens is 1. The van der Waals surface area contributed by atoms with E-state index >= 15 is 0 Å². The number of non-ortho nitro benzene ring substituents is 1. The number of hydrogen-bond donors (Lipinski definition) is 1. The number of aromatic nitrogens is 2. The largest absolute Gasteiger partial charge is 0.320 e. The van der Waals surface area contributed by atoms with Crippen LogP contribution in [0.1, 0.15) is 23.0 Å². The maximum absolute atomic E-state index is 12.4. The summed E-state index contributed by atoms with van der Waals surface area (Å²) in [7, 11) is -3.72. The third kappa shape index (κ3) is 4.09. The van der Waals surface area contributed by atoms with Crippen LogP contribution in [0, 0.1) is 17.0 Å². The van der Waals surface area contributed by atoms with E-state index in [0.29, 0.717) is 5.56 Å². The smallest absolute Gasteiger partial charge is 0.275 e. The van der Waals surface area contributed by atoms with Gasteiger partial charge in [0.05, 0.1) is 27.6 Å². The lowest BCUT2D eigenvalue weighted by molar-refractivity contribution is -0.384. The highest BCUT2D eigenvalue weighted by Gasteiger charge is 2.21. The fraction of sp³-hybridized carbons (Fsp3) is 0.214. The molecule has 0 aliphatic rings. The zero-order valence-corrected chi connectivity index (χ0v) is 14.8. The average Bonchev–Trinajstić information content (AvgIpc) is 2.56. The van der Waals surface area contributed by atoms with Crippen molar-refractivity contribution in [2.75, 3.05) is 11.1 Å². The Morgan fingerprint density at radius 1 is 1.40 bits per heavy atom. The van der Waals surface area contributed by atoms with Gasteiger partial charge in [-0.3, -0.25) is 14.9 Å². The second-order valence-corrected chi connectivity index (χ2v) is 7.54. The molecule has 25 heavy (non-hydrogen) atoms. The van der Waals surface area contributed by atoms with Gasteiger partial charge in [0, 0.05) is 12.1 Å². The molecule has 1 N–H and O–H groups in total. The summed E-state index contributed by atoms with van der Waals surface area (Å²) < 4.78 is 23.7. The monoisotopic (exact) mass is 384 g/mol. The third-order valence-corrected chi connectivity index (χ3v) is 5.07. The second-order valence-electron chi connectivity index (χ2n) is 4.96. The average molecular weight is 385 g/mol. The molecule has 1 heterocycles. The van der Waals surface area contributed by atoms with Crippen LogP contribution in [0.25, 0.3) is 0 Å². The number of aryl methyl sites for hydroxylation is 1. The Labute approximate surface area is 148 Å². The van der Waals surface area contributed by atoms with E-state index in [4.69, 9.17) is 11.6 Å². The normalized spacial score (nSPS) is 11.2. The number of anilines is 1. The SMILES string of the molecule is CCS(=O)(=O)c1ncc(Cl)c(C(=O)Nc2cc([N+](=O)[O-])ccc2C)n1. The van der Waals surface area contributed by atoms with Crippen LogP contribution in [-0.4, -0.2) is 35.0 Å². The van der Waals surface area contributed by atoms with Gasteiger partial charge in [-0.15, -0.1) is 0 Å². The van der Waals surface area contributed by atoms with E-state index < -0.39 is 25.8 Å². The molecule has 0 bridgehead atoms. The lowest BCUT2D eigenvalue weighted by Crippen LogP contribution is -2.18. The Kier molecular flexibility index (Phi) is 5.33. The van der Waals surface area contributed by atoms with E-state index in [2.05, 4.69) is 15.3 Å². The van der Waals surface area contributed by atoms with Crippen LogP contribution in [0.3, 0.4) is 0 Å². The molecule has 0 unspecified atom stereocenters. The quantitative estimate of drug-likeness (QED) is 0.475. The van der Waals surface area contributed by atoms with Crippen molar-refractivity contribution in [1.29, 1.82) is 0 Å². The highest BCUT2D eigenvalue weighted by atomic mass is 35.5. The van der Waals surface area contributed by atoms with E-state index in [9.17, 15) is 23.3 Å². The van der Waals surface area contributed by atoms with Crippen LogP contribution in [0.5, 0.6) is 0 Å². The van der Waals surface area contributed by atoms with Gasteiger partial charge in [0.15, 0.2) is 5.69 Å². The molecular weight excluding hydrogens is 372 g/mol. The molecule has 0 aliphatic carbocycles. The molecule has 11 heteroatoms. The first-order chi connectivity index (χ1) is 11.7. The first-order valence-corrected chi connectivity index (χ1v) is 9.00. The second kappa shape index (κ2) is 7.11. The van der Waals surface area contributed by atoms with Crippen molar-refractivity contribution in [3.05, 3.63) is 50.8 Å². The number of benzene rings is 1. The maximum atomic E-state index is 12.4. The third-order valence-electron chi connectivity index (χ3n) is 3.28. The summed E-state index contributed by atoms with van der Waals surface area (Å²) in [6.07, 6.45) is 1.02. The Bertz CT molecular complexity index is 962. The molecule has 0 fully saturated rings. The lowest BCUT2D eigenvalue weighted by atomic mass is 10.1. The summed E-state index contributed by atoms with van der Waals surface area (Å²) in [5, 5.41) is 12.6. The molecule has 132 valence electrons. The maximum Gasteiger partial charge on any atom is 0.275 e. The van der Waals surface area contributed by atoms with Crippen molar-refractivity contribution >= 4 is 38.7 Å². The van der Waals surface area contributed by atoms with Crippen molar-refractivity contribution in [3.8, 4) is 0 Å². The van der Waals surface area contributed by atoms with Gasteiger partial charge in [-0.05, 0) is 12.5 Å². The minimum atomic E-state index is -3.72. The van der Waals surface area contributed by atoms with Gasteiger partial charge in [0.25, 0.3) is 11.6 Å². The van der Waals surface area contributed by atoms with Crippen LogP contribution in [-0.2, 0) is 9.84 Å². The zero-order chi connectivity index (χ0) is 18.8. The minimum Gasteiger partial charge on any atom is -0.320 e. The van der Waals surface area contributed by atoms with Crippen molar-refractivity contribution in [2.24, 2.45) is 0 Å². The summed E-state index contributed by atoms with van der Waals surface area (Å²) in [5.74, 6) is -1.04. The number of sulfone groups is 1. The first-order valence-electron chi connectivity index (χ1n) is 6.97. The number of hydrogen-bond acceptors (Lipinski definition) is 7. The highest BCUT2D eigenvalue weighted by Crippen LogP contribution is 2.23. The fourth-order valence-corrected chi connectivity index (χ4v) is 2.71. The highest BCUT2D eigenvalue weighted by molar-refractivity contribution is 7.91. The molecule has 0 saturated carbocycles. The number of nitrogens with one attached hydrogen (secondary N) is 1. The molecule has 2 rings (SSSR count). The zero-order valence-electron chi connectivity index (χ0n) is 13.2. The molecule has 1 amide bonds. The number of carbonyl (C=O) groups is 1. The van der Waals surface area contributed by atoms with Gasteiger partial charge in [-0.25, -0.2) is 18.4 Å². The van der Waals surface area contributed by atoms with Crippen LogP contribution >= 0.6 is 11.6 Å². The summed E-state index contributed by atoms with van der Waals surface area (Å²) in [6, 6.07) is 3.96. The molecule has 0 radical (unpaired) electrons. The molecule has 1 aromatic carbocycles. The summed E-state index contributed by atoms with van der Waals surface area (Å²) in [5.41, 5.74) is 0.220.